The van der Waals surface area contributed by atoms with E-state index in [2.05, 4.69) is 20.5 Å². The number of thioether (sulfide) groups is 1. The van der Waals surface area contributed by atoms with Crippen LogP contribution < -0.4 is 10.1 Å². The monoisotopic (exact) mass is 422 g/mol. The lowest BCUT2D eigenvalue weighted by atomic mass is 10.2. The molecule has 0 saturated carbocycles. The number of H-pyrrole nitrogens is 1. The van der Waals surface area contributed by atoms with Crippen LogP contribution in [0.25, 0.3) is 11.4 Å². The van der Waals surface area contributed by atoms with Crippen molar-refractivity contribution >= 4 is 46.6 Å². The van der Waals surface area contributed by atoms with E-state index in [0.29, 0.717) is 38.0 Å². The smallest absolute Gasteiger partial charge is 0.237 e. The van der Waals surface area contributed by atoms with E-state index in [1.807, 2.05) is 0 Å². The molecule has 0 aliphatic carbocycles. The molecule has 3 aromatic rings. The molecule has 3 rings (SSSR count). The lowest BCUT2D eigenvalue weighted by molar-refractivity contribution is -0.115. The largest absolute Gasteiger partial charge is 0.496 e. The lowest BCUT2D eigenvalue weighted by Crippen LogP contribution is -2.22. The van der Waals surface area contributed by atoms with Crippen LogP contribution in [-0.4, -0.2) is 33.4 Å². The maximum absolute atomic E-state index is 12.4. The normalized spacial score (nSPS) is 11.9. The standard InChI is InChI=1S/C18H16Cl2N4O2S/c1-10(17(25)21-13-6-3-11(19)4-7-13)27-18-22-16(23-24-18)14-9-12(20)5-8-15(14)26-2/h3-10H,1-2H3,(H,21,25)(H,22,23,24). The van der Waals surface area contributed by atoms with Crippen LogP contribution in [0.1, 0.15) is 6.92 Å². The van der Waals surface area contributed by atoms with Crippen LogP contribution in [0.5, 0.6) is 5.75 Å². The zero-order chi connectivity index (χ0) is 19.4. The molecule has 140 valence electrons. The number of ether oxygens (including phenoxy) is 1. The molecule has 0 saturated heterocycles. The molecule has 0 aliphatic rings. The summed E-state index contributed by atoms with van der Waals surface area (Å²) in [7, 11) is 1.57. The molecule has 2 aromatic carbocycles. The van der Waals surface area contributed by atoms with E-state index in [0.717, 1.165) is 0 Å². The number of carbonyl (C=O) groups excluding carboxylic acids is 1. The maximum Gasteiger partial charge on any atom is 0.237 e. The minimum absolute atomic E-state index is 0.158. The number of rotatable bonds is 6. The summed E-state index contributed by atoms with van der Waals surface area (Å²) in [6.07, 6.45) is 0. The van der Waals surface area contributed by atoms with Gasteiger partial charge in [-0.1, -0.05) is 35.0 Å². The summed E-state index contributed by atoms with van der Waals surface area (Å²) in [5, 5.41) is 11.1. The zero-order valence-electron chi connectivity index (χ0n) is 14.5. The summed E-state index contributed by atoms with van der Waals surface area (Å²) in [4.78, 5) is 16.8. The summed E-state index contributed by atoms with van der Waals surface area (Å²) in [6.45, 7) is 1.78. The first kappa shape index (κ1) is 19.5. The van der Waals surface area contributed by atoms with Crippen LogP contribution in [0.3, 0.4) is 0 Å². The number of benzene rings is 2. The average Bonchev–Trinajstić information content (AvgIpc) is 3.11. The van der Waals surface area contributed by atoms with Gasteiger partial charge >= 0.3 is 0 Å². The van der Waals surface area contributed by atoms with Gasteiger partial charge in [0.2, 0.25) is 11.1 Å². The minimum Gasteiger partial charge on any atom is -0.496 e. The molecule has 1 unspecified atom stereocenters. The number of anilines is 1. The summed E-state index contributed by atoms with van der Waals surface area (Å²) >= 11 is 13.1. The fourth-order valence-electron chi connectivity index (χ4n) is 2.27. The van der Waals surface area contributed by atoms with Gasteiger partial charge in [-0.15, -0.1) is 5.10 Å². The van der Waals surface area contributed by atoms with Gasteiger partial charge in [0.05, 0.1) is 17.9 Å². The highest BCUT2D eigenvalue weighted by molar-refractivity contribution is 8.00. The molecule has 0 radical (unpaired) electrons. The summed E-state index contributed by atoms with van der Waals surface area (Å²) in [6, 6.07) is 12.2. The van der Waals surface area contributed by atoms with Crippen molar-refractivity contribution in [2.45, 2.75) is 17.3 Å². The quantitative estimate of drug-likeness (QED) is 0.551. The van der Waals surface area contributed by atoms with E-state index in [9.17, 15) is 4.79 Å². The fraction of sp³-hybridized carbons (Fsp3) is 0.167. The molecule has 0 fully saturated rings. The van der Waals surface area contributed by atoms with E-state index >= 15 is 0 Å². The number of halogens is 2. The molecule has 9 heteroatoms. The molecule has 0 aliphatic heterocycles. The van der Waals surface area contributed by atoms with Crippen LogP contribution in [0, 0.1) is 0 Å². The van der Waals surface area contributed by atoms with Crippen LogP contribution in [0.2, 0.25) is 10.0 Å². The van der Waals surface area contributed by atoms with E-state index in [4.69, 9.17) is 27.9 Å². The van der Waals surface area contributed by atoms with Gasteiger partial charge in [0.15, 0.2) is 5.82 Å². The van der Waals surface area contributed by atoms with E-state index < -0.39 is 5.25 Å². The molecule has 1 amide bonds. The molecular formula is C18H16Cl2N4O2S. The summed E-state index contributed by atoms with van der Waals surface area (Å²) < 4.78 is 5.33. The fourth-order valence-corrected chi connectivity index (χ4v) is 3.30. The Morgan fingerprint density at radius 2 is 1.89 bits per heavy atom. The van der Waals surface area contributed by atoms with Gasteiger partial charge in [0.25, 0.3) is 0 Å². The number of hydrogen-bond acceptors (Lipinski definition) is 5. The van der Waals surface area contributed by atoms with Gasteiger partial charge in [-0.25, -0.2) is 4.98 Å². The number of aromatic nitrogens is 3. The second-order valence-corrected chi connectivity index (χ2v) is 7.75. The summed E-state index contributed by atoms with van der Waals surface area (Å²) in [5.74, 6) is 0.983. The van der Waals surface area contributed by atoms with Crippen LogP contribution in [-0.2, 0) is 4.79 Å². The highest BCUT2D eigenvalue weighted by Crippen LogP contribution is 2.31. The van der Waals surface area contributed by atoms with Crippen molar-refractivity contribution in [2.24, 2.45) is 0 Å². The molecule has 2 N–H and O–H groups in total. The van der Waals surface area contributed by atoms with Crippen molar-refractivity contribution in [3.05, 3.63) is 52.5 Å². The van der Waals surface area contributed by atoms with Crippen molar-refractivity contribution in [1.82, 2.24) is 15.2 Å². The number of hydrogen-bond donors (Lipinski definition) is 2. The Kier molecular flexibility index (Phi) is 6.26. The number of nitrogens with one attached hydrogen (secondary N) is 2. The number of aromatic amines is 1. The topological polar surface area (TPSA) is 79.9 Å². The first-order chi connectivity index (χ1) is 13.0. The highest BCUT2D eigenvalue weighted by atomic mass is 35.5. The van der Waals surface area contributed by atoms with Crippen LogP contribution >= 0.6 is 35.0 Å². The SMILES string of the molecule is COc1ccc(Cl)cc1-c1nc(SC(C)C(=O)Nc2ccc(Cl)cc2)n[nH]1. The predicted molar refractivity (Wildman–Crippen MR) is 109 cm³/mol. The number of methoxy groups -OCH3 is 1. The Bertz CT molecular complexity index is 947. The maximum atomic E-state index is 12.4. The first-order valence-corrected chi connectivity index (χ1v) is 9.59. The predicted octanol–water partition coefficient (Wildman–Crippen LogP) is 4.91. The van der Waals surface area contributed by atoms with Crippen molar-refractivity contribution in [3.63, 3.8) is 0 Å². The van der Waals surface area contributed by atoms with Crippen molar-refractivity contribution in [2.75, 3.05) is 12.4 Å². The van der Waals surface area contributed by atoms with Crippen LogP contribution in [0.4, 0.5) is 5.69 Å². The molecule has 0 spiro atoms. The molecular weight excluding hydrogens is 407 g/mol. The lowest BCUT2D eigenvalue weighted by Gasteiger charge is -2.10. The van der Waals surface area contributed by atoms with E-state index in [1.54, 1.807) is 56.5 Å². The molecule has 6 nitrogen and oxygen atoms in total. The second-order valence-electron chi connectivity index (χ2n) is 5.57. The minimum atomic E-state index is -0.398. The Labute approximate surface area is 170 Å². The number of carbonyl (C=O) groups is 1. The third kappa shape index (κ3) is 4.94. The van der Waals surface area contributed by atoms with Crippen LogP contribution in [0.15, 0.2) is 47.6 Å². The Hall–Kier alpha value is -2.22. The average molecular weight is 423 g/mol. The first-order valence-electron chi connectivity index (χ1n) is 7.95. The Morgan fingerprint density at radius 3 is 2.59 bits per heavy atom. The van der Waals surface area contributed by atoms with Crippen molar-refractivity contribution in [1.29, 1.82) is 0 Å². The number of amides is 1. The van der Waals surface area contributed by atoms with Crippen molar-refractivity contribution < 1.29 is 9.53 Å². The zero-order valence-corrected chi connectivity index (χ0v) is 16.8. The molecule has 0 bridgehead atoms. The Balaban J connectivity index is 1.69. The van der Waals surface area contributed by atoms with Gasteiger partial charge in [-0.2, -0.15) is 0 Å². The third-order valence-electron chi connectivity index (χ3n) is 3.64. The molecule has 1 aromatic heterocycles. The molecule has 1 heterocycles. The number of nitrogens with zero attached hydrogens (tertiary/aromatic N) is 2. The van der Waals surface area contributed by atoms with Gasteiger partial charge in [-0.3, -0.25) is 9.89 Å². The third-order valence-corrected chi connectivity index (χ3v) is 5.09. The second kappa shape index (κ2) is 8.65. The van der Waals surface area contributed by atoms with Crippen molar-refractivity contribution in [3.8, 4) is 17.1 Å². The van der Waals surface area contributed by atoms with E-state index in [-0.39, 0.29) is 5.91 Å². The highest BCUT2D eigenvalue weighted by Gasteiger charge is 2.19. The molecule has 27 heavy (non-hydrogen) atoms. The van der Waals surface area contributed by atoms with Gasteiger partial charge in [0, 0.05) is 15.7 Å². The summed E-state index contributed by atoms with van der Waals surface area (Å²) in [5.41, 5.74) is 1.37. The Morgan fingerprint density at radius 1 is 1.19 bits per heavy atom. The van der Waals surface area contributed by atoms with Gasteiger partial charge in [0.1, 0.15) is 5.75 Å². The van der Waals surface area contributed by atoms with Gasteiger partial charge < -0.3 is 10.1 Å². The van der Waals surface area contributed by atoms with Gasteiger partial charge in [-0.05, 0) is 49.4 Å². The molecule has 1 atom stereocenters. The van der Waals surface area contributed by atoms with E-state index in [1.165, 1.54) is 11.8 Å².